The van der Waals surface area contributed by atoms with Crippen LogP contribution in [0.4, 0.5) is 0 Å². The Morgan fingerprint density at radius 2 is 1.79 bits per heavy atom. The first-order chi connectivity index (χ1) is 22.4. The lowest BCUT2D eigenvalue weighted by Gasteiger charge is -2.59. The number of carbonyl (C=O) groups is 3. The summed E-state index contributed by atoms with van der Waals surface area (Å²) in [6, 6.07) is 0. The molecule has 0 aromatic heterocycles. The molecular formula is C39H46O9. The van der Waals surface area contributed by atoms with Gasteiger partial charge in [0.15, 0.2) is 17.0 Å². The average molecular weight is 659 g/mol. The quantitative estimate of drug-likeness (QED) is 0.243. The number of carboxylic acids is 1. The first-order valence-electron chi connectivity index (χ1n) is 17.0. The molecule has 1 aromatic rings. The predicted octanol–water partition coefficient (Wildman–Crippen LogP) is 6.71. The number of aromatic hydroxyl groups is 1. The number of aliphatic carboxylic acids is 1. The molecule has 3 heterocycles. The fourth-order valence-corrected chi connectivity index (χ4v) is 9.87. The van der Waals surface area contributed by atoms with Crippen LogP contribution in [-0.2, 0) is 25.5 Å². The molecule has 0 amide bonds. The van der Waals surface area contributed by atoms with E-state index in [9.17, 15) is 19.8 Å². The zero-order chi connectivity index (χ0) is 34.9. The number of phenols is 1. The standard InChI is InChI=1S/C39H46O9/c1-19(2)10-11-23-31-27(24-16-36(8,46-31)14-13-22(24)20(3)4)30(41)28-29(40)25-17-37(45-9)18-26-35(6,7)48-38(34(37)44,15-12-21(5)33(42)43)39(25,26)47-32(23)28/h10,12,17,22,24,26,41H,3,11,13-16,18H2,1-2,4-9H3,(H,42,43)/b21-12-/t22?,24?,26?,36?,37-,38-,39+/m0/s1. The second kappa shape index (κ2) is 10.2. The maximum Gasteiger partial charge on any atom is 0.330 e. The van der Waals surface area contributed by atoms with Crippen molar-refractivity contribution >= 4 is 17.5 Å². The second-order valence-corrected chi connectivity index (χ2v) is 15.9. The van der Waals surface area contributed by atoms with Crippen molar-refractivity contribution in [2.24, 2.45) is 11.8 Å². The van der Waals surface area contributed by atoms with Crippen molar-refractivity contribution < 1.29 is 43.5 Å². The number of hydrogen-bond donors (Lipinski definition) is 2. The molecule has 2 saturated carbocycles. The number of rotatable bonds is 7. The molecule has 4 aliphatic carbocycles. The molecule has 9 heteroatoms. The number of phenolic OH excluding ortho intramolecular Hbond substituents is 1. The molecule has 48 heavy (non-hydrogen) atoms. The molecule has 8 rings (SSSR count). The molecule has 3 aliphatic heterocycles. The summed E-state index contributed by atoms with van der Waals surface area (Å²) in [5.41, 5.74) is -2.72. The number of carbonyl (C=O) groups excluding carboxylic acids is 2. The number of ketones is 2. The van der Waals surface area contributed by atoms with Crippen LogP contribution in [-0.4, -0.2) is 62.9 Å². The van der Waals surface area contributed by atoms with E-state index in [0.29, 0.717) is 29.7 Å². The number of carboxylic acid groups (broad SMARTS) is 1. The lowest BCUT2D eigenvalue weighted by atomic mass is 9.49. The summed E-state index contributed by atoms with van der Waals surface area (Å²) in [5.74, 6) is -1.97. The molecule has 3 fully saturated rings. The molecule has 7 atom stereocenters. The van der Waals surface area contributed by atoms with Crippen LogP contribution in [0, 0.1) is 11.8 Å². The van der Waals surface area contributed by atoms with Crippen molar-refractivity contribution in [2.45, 2.75) is 121 Å². The Hall–Kier alpha value is -3.69. The zero-order valence-corrected chi connectivity index (χ0v) is 29.2. The fraction of sp³-hybridized carbons (Fsp3) is 0.564. The SMILES string of the molecule is C=C(C)C1CCC2(C)CC1c1c(O)c3c(c(CC=C(C)C)c1O2)O[C@]12C(=C[C@]4(OC)CC1C(C)(C)O[C@@]2(C/C=C(/C)C(=O)O)C4=O)C3=O. The van der Waals surface area contributed by atoms with Gasteiger partial charge in [-0.1, -0.05) is 29.9 Å². The largest absolute Gasteiger partial charge is 0.507 e. The van der Waals surface area contributed by atoms with E-state index in [1.54, 1.807) is 6.08 Å². The third kappa shape index (κ3) is 4.00. The lowest BCUT2D eigenvalue weighted by Crippen LogP contribution is -2.77. The Morgan fingerprint density at radius 3 is 2.42 bits per heavy atom. The third-order valence-corrected chi connectivity index (χ3v) is 12.2. The number of methoxy groups -OCH3 is 1. The number of ether oxygens (including phenoxy) is 4. The minimum Gasteiger partial charge on any atom is -0.507 e. The number of fused-ring (bicyclic) bond motifs is 5. The van der Waals surface area contributed by atoms with Crippen molar-refractivity contribution in [3.05, 3.63) is 63.8 Å². The first kappa shape index (κ1) is 32.8. The van der Waals surface area contributed by atoms with E-state index in [4.69, 9.17) is 18.9 Å². The van der Waals surface area contributed by atoms with Gasteiger partial charge in [-0.15, -0.1) is 0 Å². The molecule has 6 bridgehead atoms. The molecule has 2 N–H and O–H groups in total. The van der Waals surface area contributed by atoms with Crippen LogP contribution in [0.3, 0.4) is 0 Å². The van der Waals surface area contributed by atoms with Gasteiger partial charge in [-0.25, -0.2) is 4.79 Å². The molecule has 1 aromatic carbocycles. The maximum absolute atomic E-state index is 15.2. The van der Waals surface area contributed by atoms with E-state index in [1.165, 1.54) is 20.1 Å². The molecule has 256 valence electrons. The van der Waals surface area contributed by atoms with E-state index in [1.807, 2.05) is 40.7 Å². The molecular weight excluding hydrogens is 612 g/mol. The number of Topliss-reactive ketones (excluding diaryl/α,β-unsaturated/α-hetero) is 2. The lowest BCUT2D eigenvalue weighted by molar-refractivity contribution is -0.190. The Labute approximate surface area is 281 Å². The summed E-state index contributed by atoms with van der Waals surface area (Å²) in [5, 5.41) is 22.0. The minimum atomic E-state index is -1.78. The summed E-state index contributed by atoms with van der Waals surface area (Å²) < 4.78 is 26.9. The van der Waals surface area contributed by atoms with Crippen molar-refractivity contribution in [1.29, 1.82) is 0 Å². The minimum absolute atomic E-state index is 0.0376. The predicted molar refractivity (Wildman–Crippen MR) is 178 cm³/mol. The summed E-state index contributed by atoms with van der Waals surface area (Å²) in [4.78, 5) is 41.8. The third-order valence-electron chi connectivity index (χ3n) is 12.2. The zero-order valence-electron chi connectivity index (χ0n) is 29.2. The van der Waals surface area contributed by atoms with Crippen molar-refractivity contribution in [3.8, 4) is 17.2 Å². The van der Waals surface area contributed by atoms with E-state index >= 15 is 4.79 Å². The van der Waals surface area contributed by atoms with Gasteiger partial charge in [0.2, 0.25) is 5.78 Å². The van der Waals surface area contributed by atoms with E-state index < -0.39 is 51.5 Å². The maximum atomic E-state index is 15.2. The van der Waals surface area contributed by atoms with Crippen molar-refractivity contribution in [1.82, 2.24) is 0 Å². The Balaban J connectivity index is 1.55. The van der Waals surface area contributed by atoms with E-state index in [2.05, 4.69) is 13.5 Å². The second-order valence-electron chi connectivity index (χ2n) is 15.9. The van der Waals surface area contributed by atoms with Gasteiger partial charge in [0.1, 0.15) is 34.0 Å². The normalized spacial score (nSPS) is 36.6. The Bertz CT molecular complexity index is 1810. The van der Waals surface area contributed by atoms with Crippen LogP contribution in [0.15, 0.2) is 47.1 Å². The van der Waals surface area contributed by atoms with Gasteiger partial charge in [0.25, 0.3) is 0 Å². The van der Waals surface area contributed by atoms with Crippen LogP contribution in [0.2, 0.25) is 0 Å². The van der Waals surface area contributed by atoms with Gasteiger partial charge in [-0.2, -0.15) is 0 Å². The monoisotopic (exact) mass is 658 g/mol. The van der Waals surface area contributed by atoms with Crippen LogP contribution in [0.25, 0.3) is 0 Å². The number of hydrogen-bond acceptors (Lipinski definition) is 8. The van der Waals surface area contributed by atoms with Gasteiger partial charge in [0.05, 0.1) is 5.60 Å². The van der Waals surface area contributed by atoms with Gasteiger partial charge < -0.3 is 29.2 Å². The summed E-state index contributed by atoms with van der Waals surface area (Å²) in [7, 11) is 1.44. The molecule has 4 unspecified atom stereocenters. The highest BCUT2D eigenvalue weighted by atomic mass is 16.6. The Morgan fingerprint density at radius 1 is 1.08 bits per heavy atom. The van der Waals surface area contributed by atoms with Gasteiger partial charge >= 0.3 is 5.97 Å². The van der Waals surface area contributed by atoms with Crippen LogP contribution < -0.4 is 9.47 Å². The number of benzene rings is 1. The van der Waals surface area contributed by atoms with E-state index in [0.717, 1.165) is 24.0 Å². The topological polar surface area (TPSA) is 129 Å². The van der Waals surface area contributed by atoms with Crippen LogP contribution in [0.1, 0.15) is 108 Å². The molecule has 0 radical (unpaired) electrons. The van der Waals surface area contributed by atoms with Gasteiger partial charge in [-0.05, 0) is 92.6 Å². The van der Waals surface area contributed by atoms with Crippen molar-refractivity contribution in [2.75, 3.05) is 7.11 Å². The van der Waals surface area contributed by atoms with Gasteiger partial charge in [0, 0.05) is 47.6 Å². The highest BCUT2D eigenvalue weighted by molar-refractivity contribution is 6.20. The van der Waals surface area contributed by atoms with Crippen molar-refractivity contribution in [3.63, 3.8) is 0 Å². The molecule has 9 nitrogen and oxygen atoms in total. The highest BCUT2D eigenvalue weighted by Gasteiger charge is 2.84. The molecule has 1 spiro atoms. The molecule has 7 aliphatic rings. The summed E-state index contributed by atoms with van der Waals surface area (Å²) in [6.07, 6.45) is 7.86. The average Bonchev–Trinajstić information content (AvgIpc) is 3.16. The molecule has 1 saturated heterocycles. The van der Waals surface area contributed by atoms with Crippen LogP contribution in [0.5, 0.6) is 17.2 Å². The smallest absolute Gasteiger partial charge is 0.330 e. The van der Waals surface area contributed by atoms with E-state index in [-0.39, 0.29) is 52.9 Å². The Kier molecular flexibility index (Phi) is 6.96. The van der Waals surface area contributed by atoms with Gasteiger partial charge in [-0.3, -0.25) is 9.59 Å². The summed E-state index contributed by atoms with van der Waals surface area (Å²) >= 11 is 0. The fourth-order valence-electron chi connectivity index (χ4n) is 9.87. The number of allylic oxidation sites excluding steroid dienone is 3. The first-order valence-corrected chi connectivity index (χ1v) is 17.0. The van der Waals surface area contributed by atoms with Crippen LogP contribution >= 0.6 is 0 Å². The highest BCUT2D eigenvalue weighted by Crippen LogP contribution is 2.70. The summed E-state index contributed by atoms with van der Waals surface area (Å²) in [6.45, 7) is 17.6.